The van der Waals surface area contributed by atoms with E-state index in [0.717, 1.165) is 44.1 Å². The number of primary amides is 1. The SMILES string of the molecule is CCC1CCc2c(sc(NC(=O)C(CC)CC)c2C(N)=O)C1. The van der Waals surface area contributed by atoms with Crippen LogP contribution in [0, 0.1) is 11.8 Å². The van der Waals surface area contributed by atoms with Crippen LogP contribution in [-0.4, -0.2) is 11.8 Å². The van der Waals surface area contributed by atoms with Gasteiger partial charge < -0.3 is 11.1 Å². The van der Waals surface area contributed by atoms with Gasteiger partial charge in [0.2, 0.25) is 5.91 Å². The largest absolute Gasteiger partial charge is 0.365 e. The highest BCUT2D eigenvalue weighted by Crippen LogP contribution is 2.40. The maximum atomic E-state index is 12.3. The molecule has 0 saturated heterocycles. The summed E-state index contributed by atoms with van der Waals surface area (Å²) in [5.41, 5.74) is 7.20. The van der Waals surface area contributed by atoms with Gasteiger partial charge in [-0.1, -0.05) is 27.2 Å². The molecule has 1 unspecified atom stereocenters. The number of anilines is 1. The van der Waals surface area contributed by atoms with Crippen molar-refractivity contribution in [1.82, 2.24) is 0 Å². The van der Waals surface area contributed by atoms with E-state index in [1.165, 1.54) is 4.88 Å². The Bertz CT molecular complexity index is 561. The Morgan fingerprint density at radius 3 is 2.55 bits per heavy atom. The fraction of sp³-hybridized carbons (Fsp3) is 0.647. The average molecular weight is 322 g/mol. The van der Waals surface area contributed by atoms with Gasteiger partial charge in [-0.15, -0.1) is 11.3 Å². The number of thiophene rings is 1. The van der Waals surface area contributed by atoms with Gasteiger partial charge in [0.1, 0.15) is 5.00 Å². The highest BCUT2D eigenvalue weighted by Gasteiger charge is 2.28. The predicted octanol–water partition coefficient (Wildman–Crippen LogP) is 3.74. The molecule has 1 atom stereocenters. The Balaban J connectivity index is 2.30. The third kappa shape index (κ3) is 3.35. The molecule has 5 heteroatoms. The molecule has 0 aliphatic heterocycles. The van der Waals surface area contributed by atoms with Crippen LogP contribution in [0.3, 0.4) is 0 Å². The lowest BCUT2D eigenvalue weighted by Crippen LogP contribution is -2.23. The zero-order valence-electron chi connectivity index (χ0n) is 13.7. The minimum absolute atomic E-state index is 0.00172. The van der Waals surface area contributed by atoms with Crippen molar-refractivity contribution in [2.75, 3.05) is 5.32 Å². The lowest BCUT2D eigenvalue weighted by molar-refractivity contribution is -0.120. The molecule has 0 fully saturated rings. The predicted molar refractivity (Wildman–Crippen MR) is 91.3 cm³/mol. The van der Waals surface area contributed by atoms with Gasteiger partial charge in [0.15, 0.2) is 0 Å². The molecule has 0 bridgehead atoms. The standard InChI is InChI=1S/C17H26N2O2S/c1-4-10-7-8-12-13(9-10)22-17(14(12)15(18)20)19-16(21)11(5-2)6-3/h10-11H,4-9H2,1-3H3,(H2,18,20)(H,19,21). The van der Waals surface area contributed by atoms with Crippen molar-refractivity contribution in [2.24, 2.45) is 17.6 Å². The van der Waals surface area contributed by atoms with E-state index in [2.05, 4.69) is 12.2 Å². The molecule has 1 aliphatic carbocycles. The summed E-state index contributed by atoms with van der Waals surface area (Å²) < 4.78 is 0. The number of nitrogens with two attached hydrogens (primary N) is 1. The first-order valence-electron chi connectivity index (χ1n) is 8.26. The maximum absolute atomic E-state index is 12.3. The summed E-state index contributed by atoms with van der Waals surface area (Å²) in [5, 5.41) is 3.62. The van der Waals surface area contributed by atoms with Crippen molar-refractivity contribution in [2.45, 2.75) is 59.3 Å². The fourth-order valence-corrected chi connectivity index (χ4v) is 4.60. The van der Waals surface area contributed by atoms with Gasteiger partial charge in [0.05, 0.1) is 5.56 Å². The first-order valence-corrected chi connectivity index (χ1v) is 9.08. The van der Waals surface area contributed by atoms with Crippen molar-refractivity contribution < 1.29 is 9.59 Å². The van der Waals surface area contributed by atoms with Crippen LogP contribution in [0.15, 0.2) is 0 Å². The molecule has 2 rings (SSSR count). The van der Waals surface area contributed by atoms with Crippen molar-refractivity contribution >= 4 is 28.2 Å². The molecular weight excluding hydrogens is 296 g/mol. The molecule has 2 amide bonds. The first kappa shape index (κ1) is 17.0. The van der Waals surface area contributed by atoms with E-state index in [9.17, 15) is 9.59 Å². The van der Waals surface area contributed by atoms with Crippen LogP contribution < -0.4 is 11.1 Å². The third-order valence-electron chi connectivity index (χ3n) is 4.78. The number of carbonyl (C=O) groups excluding carboxylic acids is 2. The van der Waals surface area contributed by atoms with Crippen LogP contribution in [0.2, 0.25) is 0 Å². The van der Waals surface area contributed by atoms with Crippen molar-refractivity contribution in [3.63, 3.8) is 0 Å². The Morgan fingerprint density at radius 1 is 1.32 bits per heavy atom. The van der Waals surface area contributed by atoms with Crippen LogP contribution in [0.25, 0.3) is 0 Å². The smallest absolute Gasteiger partial charge is 0.251 e. The number of rotatable bonds is 6. The number of carbonyl (C=O) groups is 2. The van der Waals surface area contributed by atoms with Gasteiger partial charge in [-0.2, -0.15) is 0 Å². The monoisotopic (exact) mass is 322 g/mol. The fourth-order valence-electron chi connectivity index (χ4n) is 3.22. The second kappa shape index (κ2) is 7.27. The van der Waals surface area contributed by atoms with E-state index in [1.54, 1.807) is 11.3 Å². The number of nitrogens with one attached hydrogen (secondary N) is 1. The molecule has 122 valence electrons. The molecule has 1 aliphatic rings. The van der Waals surface area contributed by atoms with Crippen LogP contribution in [-0.2, 0) is 17.6 Å². The minimum Gasteiger partial charge on any atom is -0.365 e. The summed E-state index contributed by atoms with van der Waals surface area (Å²) >= 11 is 1.54. The zero-order valence-corrected chi connectivity index (χ0v) is 14.5. The third-order valence-corrected chi connectivity index (χ3v) is 5.95. The molecule has 0 aromatic carbocycles. The van der Waals surface area contributed by atoms with Gasteiger partial charge in [0, 0.05) is 10.8 Å². The Morgan fingerprint density at radius 2 is 2.00 bits per heavy atom. The molecule has 4 nitrogen and oxygen atoms in total. The summed E-state index contributed by atoms with van der Waals surface area (Å²) in [6, 6.07) is 0. The number of hydrogen-bond acceptors (Lipinski definition) is 3. The first-order chi connectivity index (χ1) is 10.5. The van der Waals surface area contributed by atoms with E-state index in [4.69, 9.17) is 5.73 Å². The molecule has 1 aromatic rings. The topological polar surface area (TPSA) is 72.2 Å². The highest BCUT2D eigenvalue weighted by atomic mass is 32.1. The summed E-state index contributed by atoms with van der Waals surface area (Å²) in [7, 11) is 0. The van der Waals surface area contributed by atoms with E-state index in [1.807, 2.05) is 13.8 Å². The molecule has 0 spiro atoms. The maximum Gasteiger partial charge on any atom is 0.251 e. The summed E-state index contributed by atoms with van der Waals surface area (Å²) in [6.45, 7) is 6.22. The molecule has 0 saturated carbocycles. The van der Waals surface area contributed by atoms with Crippen LogP contribution >= 0.6 is 11.3 Å². The Labute approximate surface area is 136 Å². The zero-order chi connectivity index (χ0) is 16.3. The average Bonchev–Trinajstić information content (AvgIpc) is 2.85. The number of amides is 2. The Kier molecular flexibility index (Phi) is 5.62. The van der Waals surface area contributed by atoms with E-state index in [0.29, 0.717) is 16.5 Å². The highest BCUT2D eigenvalue weighted by molar-refractivity contribution is 7.17. The molecule has 1 aromatic heterocycles. The second-order valence-corrected chi connectivity index (χ2v) is 7.20. The summed E-state index contributed by atoms with van der Waals surface area (Å²) in [5.74, 6) is 0.239. The van der Waals surface area contributed by atoms with E-state index in [-0.39, 0.29) is 11.8 Å². The molecule has 3 N–H and O–H groups in total. The van der Waals surface area contributed by atoms with Crippen LogP contribution in [0.5, 0.6) is 0 Å². The van der Waals surface area contributed by atoms with Gasteiger partial charge in [-0.25, -0.2) is 0 Å². The van der Waals surface area contributed by atoms with Gasteiger partial charge in [-0.05, 0) is 43.6 Å². The molecule has 0 radical (unpaired) electrons. The second-order valence-electron chi connectivity index (χ2n) is 6.09. The van der Waals surface area contributed by atoms with Gasteiger partial charge >= 0.3 is 0 Å². The van der Waals surface area contributed by atoms with E-state index >= 15 is 0 Å². The molecular formula is C17H26N2O2S. The van der Waals surface area contributed by atoms with Crippen LogP contribution in [0.4, 0.5) is 5.00 Å². The minimum atomic E-state index is -0.424. The van der Waals surface area contributed by atoms with Gasteiger partial charge in [0.25, 0.3) is 5.91 Å². The Hall–Kier alpha value is -1.36. The van der Waals surface area contributed by atoms with Crippen molar-refractivity contribution in [1.29, 1.82) is 0 Å². The van der Waals surface area contributed by atoms with E-state index < -0.39 is 5.91 Å². The van der Waals surface area contributed by atoms with Gasteiger partial charge in [-0.3, -0.25) is 9.59 Å². The van der Waals surface area contributed by atoms with Crippen LogP contribution in [0.1, 0.15) is 67.3 Å². The summed E-state index contributed by atoms with van der Waals surface area (Å²) in [6.07, 6.45) is 5.74. The number of fused-ring (bicyclic) bond motifs is 1. The lowest BCUT2D eigenvalue weighted by Gasteiger charge is -2.20. The molecule has 1 heterocycles. The summed E-state index contributed by atoms with van der Waals surface area (Å²) in [4.78, 5) is 25.4. The number of hydrogen-bond donors (Lipinski definition) is 2. The van der Waals surface area contributed by atoms with Crippen molar-refractivity contribution in [3.05, 3.63) is 16.0 Å². The van der Waals surface area contributed by atoms with Crippen molar-refractivity contribution in [3.8, 4) is 0 Å². The lowest BCUT2D eigenvalue weighted by atomic mass is 9.85. The normalized spacial score (nSPS) is 17.4. The molecule has 22 heavy (non-hydrogen) atoms. The quantitative estimate of drug-likeness (QED) is 0.837.